The summed E-state index contributed by atoms with van der Waals surface area (Å²) >= 11 is 5.56. The highest BCUT2D eigenvalue weighted by Gasteiger charge is 2.07. The smallest absolute Gasteiger partial charge is 0.273 e. The molecule has 0 saturated carbocycles. The van der Waals surface area contributed by atoms with Crippen molar-refractivity contribution in [2.24, 2.45) is 0 Å². The first-order chi connectivity index (χ1) is 8.15. The highest BCUT2D eigenvalue weighted by molar-refractivity contribution is 6.29. The second kappa shape index (κ2) is 4.75. The maximum Gasteiger partial charge on any atom is 0.273 e. The van der Waals surface area contributed by atoms with E-state index in [9.17, 15) is 10.1 Å². The molecule has 0 spiro atoms. The minimum absolute atomic E-state index is 0.0515. The van der Waals surface area contributed by atoms with Gasteiger partial charge in [0.25, 0.3) is 5.69 Å². The van der Waals surface area contributed by atoms with E-state index in [-0.39, 0.29) is 16.7 Å². The number of nitro benzene ring substituents is 1. The molecule has 1 heterocycles. The van der Waals surface area contributed by atoms with E-state index in [1.54, 1.807) is 6.07 Å². The van der Waals surface area contributed by atoms with Crippen LogP contribution >= 0.6 is 11.6 Å². The zero-order valence-corrected chi connectivity index (χ0v) is 9.16. The lowest BCUT2D eigenvalue weighted by molar-refractivity contribution is -0.384. The van der Waals surface area contributed by atoms with Crippen molar-refractivity contribution in [3.8, 4) is 11.6 Å². The van der Waals surface area contributed by atoms with Crippen LogP contribution in [0.25, 0.3) is 0 Å². The maximum absolute atomic E-state index is 10.6. The molecule has 0 aliphatic heterocycles. The van der Waals surface area contributed by atoms with E-state index in [4.69, 9.17) is 16.3 Å². The number of benzene rings is 1. The average Bonchev–Trinajstić information content (AvgIpc) is 2.32. The summed E-state index contributed by atoms with van der Waals surface area (Å²) in [4.78, 5) is 10.1. The first-order valence-corrected chi connectivity index (χ1v) is 4.94. The fraction of sp³-hybridized carbons (Fsp3) is 0. The first-order valence-electron chi connectivity index (χ1n) is 4.57. The van der Waals surface area contributed by atoms with Crippen LogP contribution in [0.4, 0.5) is 5.69 Å². The van der Waals surface area contributed by atoms with Gasteiger partial charge in [-0.15, -0.1) is 10.2 Å². The Morgan fingerprint density at radius 3 is 2.71 bits per heavy atom. The molecule has 0 atom stereocenters. The molecule has 0 unspecified atom stereocenters. The third-order valence-corrected chi connectivity index (χ3v) is 2.06. The van der Waals surface area contributed by atoms with Gasteiger partial charge in [-0.1, -0.05) is 17.7 Å². The molecule has 7 heteroatoms. The number of hydrogen-bond donors (Lipinski definition) is 0. The lowest BCUT2D eigenvalue weighted by Crippen LogP contribution is -1.92. The van der Waals surface area contributed by atoms with E-state index in [1.807, 2.05) is 0 Å². The molecular weight excluding hydrogens is 246 g/mol. The highest BCUT2D eigenvalue weighted by atomic mass is 35.5. The summed E-state index contributed by atoms with van der Waals surface area (Å²) in [6.07, 6.45) is 0. The van der Waals surface area contributed by atoms with Crippen molar-refractivity contribution < 1.29 is 9.66 Å². The number of nitrogens with zero attached hydrogens (tertiary/aromatic N) is 3. The van der Waals surface area contributed by atoms with E-state index in [0.717, 1.165) is 0 Å². The molecule has 0 amide bonds. The Morgan fingerprint density at radius 2 is 2.06 bits per heavy atom. The van der Waals surface area contributed by atoms with Gasteiger partial charge in [0.05, 0.1) is 11.0 Å². The fourth-order valence-electron chi connectivity index (χ4n) is 1.14. The Bertz CT molecular complexity index is 545. The van der Waals surface area contributed by atoms with Gasteiger partial charge >= 0.3 is 0 Å². The molecule has 2 rings (SSSR count). The Labute approximate surface area is 101 Å². The van der Waals surface area contributed by atoms with Gasteiger partial charge in [0.2, 0.25) is 5.88 Å². The van der Waals surface area contributed by atoms with Crippen LogP contribution in [0.3, 0.4) is 0 Å². The zero-order valence-electron chi connectivity index (χ0n) is 8.41. The SMILES string of the molecule is O=[N+]([O-])c1cccc(Oc2ccc(Cl)nn2)c1. The van der Waals surface area contributed by atoms with Crippen LogP contribution < -0.4 is 4.74 Å². The number of halogens is 1. The van der Waals surface area contributed by atoms with Gasteiger partial charge in [-0.2, -0.15) is 0 Å². The quantitative estimate of drug-likeness (QED) is 0.619. The Balaban J connectivity index is 2.21. The van der Waals surface area contributed by atoms with Crippen molar-refractivity contribution in [3.05, 3.63) is 51.7 Å². The molecule has 1 aromatic heterocycles. The Kier molecular flexibility index (Phi) is 3.15. The van der Waals surface area contributed by atoms with E-state index < -0.39 is 4.92 Å². The van der Waals surface area contributed by atoms with E-state index in [2.05, 4.69) is 10.2 Å². The summed E-state index contributed by atoms with van der Waals surface area (Å²) in [5.74, 6) is 0.533. The number of aromatic nitrogens is 2. The molecule has 0 radical (unpaired) electrons. The lowest BCUT2D eigenvalue weighted by Gasteiger charge is -2.02. The summed E-state index contributed by atoms with van der Waals surface area (Å²) in [7, 11) is 0. The lowest BCUT2D eigenvalue weighted by atomic mass is 10.3. The molecule has 0 fully saturated rings. The van der Waals surface area contributed by atoms with Gasteiger partial charge < -0.3 is 4.74 Å². The molecule has 0 N–H and O–H groups in total. The van der Waals surface area contributed by atoms with Crippen LogP contribution in [0.15, 0.2) is 36.4 Å². The zero-order chi connectivity index (χ0) is 12.3. The van der Waals surface area contributed by atoms with Gasteiger partial charge in [-0.25, -0.2) is 0 Å². The average molecular weight is 252 g/mol. The van der Waals surface area contributed by atoms with E-state index >= 15 is 0 Å². The van der Waals surface area contributed by atoms with Crippen LogP contribution in [0, 0.1) is 10.1 Å². The van der Waals surface area contributed by atoms with Crippen molar-refractivity contribution in [1.82, 2.24) is 10.2 Å². The van der Waals surface area contributed by atoms with Gasteiger partial charge in [-0.05, 0) is 12.1 Å². The predicted octanol–water partition coefficient (Wildman–Crippen LogP) is 2.83. The van der Waals surface area contributed by atoms with Gasteiger partial charge in [0.15, 0.2) is 5.15 Å². The van der Waals surface area contributed by atoms with Gasteiger partial charge in [0, 0.05) is 12.1 Å². The Hall–Kier alpha value is -2.21. The van der Waals surface area contributed by atoms with Crippen LogP contribution in [0.5, 0.6) is 11.6 Å². The fourth-order valence-corrected chi connectivity index (χ4v) is 1.24. The molecule has 0 saturated heterocycles. The summed E-state index contributed by atoms with van der Waals surface area (Å²) < 4.78 is 5.29. The normalized spacial score (nSPS) is 9.94. The number of hydrogen-bond acceptors (Lipinski definition) is 5. The van der Waals surface area contributed by atoms with Gasteiger partial charge in [0.1, 0.15) is 5.75 Å². The minimum Gasteiger partial charge on any atom is -0.437 e. The van der Waals surface area contributed by atoms with Crippen molar-refractivity contribution >= 4 is 17.3 Å². The highest BCUT2D eigenvalue weighted by Crippen LogP contribution is 2.23. The largest absolute Gasteiger partial charge is 0.437 e. The van der Waals surface area contributed by atoms with Crippen molar-refractivity contribution in [3.63, 3.8) is 0 Å². The molecule has 0 aliphatic carbocycles. The topological polar surface area (TPSA) is 78.2 Å². The summed E-state index contributed by atoms with van der Waals surface area (Å²) in [6.45, 7) is 0. The summed E-state index contributed by atoms with van der Waals surface area (Å²) in [6, 6.07) is 8.83. The molecule has 17 heavy (non-hydrogen) atoms. The molecule has 86 valence electrons. The molecule has 0 bridgehead atoms. The van der Waals surface area contributed by atoms with Crippen molar-refractivity contribution in [1.29, 1.82) is 0 Å². The maximum atomic E-state index is 10.6. The monoisotopic (exact) mass is 251 g/mol. The van der Waals surface area contributed by atoms with Gasteiger partial charge in [-0.3, -0.25) is 10.1 Å². The number of non-ortho nitro benzene ring substituents is 1. The van der Waals surface area contributed by atoms with Crippen molar-refractivity contribution in [2.45, 2.75) is 0 Å². The molecule has 0 aliphatic rings. The second-order valence-corrected chi connectivity index (χ2v) is 3.44. The molecule has 2 aromatic rings. The second-order valence-electron chi connectivity index (χ2n) is 3.05. The molecule has 6 nitrogen and oxygen atoms in total. The van der Waals surface area contributed by atoms with Crippen LogP contribution in [0.1, 0.15) is 0 Å². The van der Waals surface area contributed by atoms with Crippen LogP contribution in [-0.2, 0) is 0 Å². The predicted molar refractivity (Wildman–Crippen MR) is 60.2 cm³/mol. The van der Waals surface area contributed by atoms with Crippen LogP contribution in [0.2, 0.25) is 5.15 Å². The number of ether oxygens (including phenoxy) is 1. The minimum atomic E-state index is -0.500. The number of rotatable bonds is 3. The summed E-state index contributed by atoms with van der Waals surface area (Å²) in [5, 5.41) is 18.1. The third-order valence-electron chi connectivity index (χ3n) is 1.86. The van der Waals surface area contributed by atoms with Crippen molar-refractivity contribution in [2.75, 3.05) is 0 Å². The first kappa shape index (κ1) is 11.3. The summed E-state index contributed by atoms with van der Waals surface area (Å²) in [5.41, 5.74) is -0.0515. The Morgan fingerprint density at radius 1 is 1.24 bits per heavy atom. The van der Waals surface area contributed by atoms with E-state index in [1.165, 1.54) is 30.3 Å². The molecular formula is C10H6ClN3O3. The van der Waals surface area contributed by atoms with E-state index in [0.29, 0.717) is 5.75 Å². The van der Waals surface area contributed by atoms with Crippen LogP contribution in [-0.4, -0.2) is 15.1 Å². The standard InChI is InChI=1S/C10H6ClN3O3/c11-9-4-5-10(13-12-9)17-8-3-1-2-7(6-8)14(15)16/h1-6H. The number of nitro groups is 1. The third kappa shape index (κ3) is 2.88. The molecule has 1 aromatic carbocycles.